The number of ketones is 1. The lowest BCUT2D eigenvalue weighted by Crippen LogP contribution is -2.41. The van der Waals surface area contributed by atoms with Gasteiger partial charge in [0.1, 0.15) is 0 Å². The van der Waals surface area contributed by atoms with Gasteiger partial charge in [-0.05, 0) is 30.3 Å². The number of fused-ring (bicyclic) bond motifs is 1. The third-order valence-electron chi connectivity index (χ3n) is 4.42. The van der Waals surface area contributed by atoms with Gasteiger partial charge >= 0.3 is 0 Å². The van der Waals surface area contributed by atoms with Gasteiger partial charge in [-0.25, -0.2) is 0 Å². The zero-order chi connectivity index (χ0) is 19.8. The molecule has 1 aliphatic rings. The number of halogens is 1. The van der Waals surface area contributed by atoms with Gasteiger partial charge in [0.25, 0.3) is 11.6 Å². The summed E-state index contributed by atoms with van der Waals surface area (Å²) in [6.07, 6.45) is 1.00. The van der Waals surface area contributed by atoms with Crippen LogP contribution in [0.1, 0.15) is 22.3 Å². The lowest BCUT2D eigenvalue weighted by atomic mass is 9.88. The fourth-order valence-corrected chi connectivity index (χ4v) is 3.28. The standard InChI is InChI=1S/C19H15ClN2O5/c1-2-9-21-16-8-5-13(20)10-15(16)19(25,18(21)24)11-17(23)12-3-6-14(7-4-12)22(26)27/h2-8,10,25H,1,9,11H2/t19-/m1/s1. The summed E-state index contributed by atoms with van der Waals surface area (Å²) in [5.41, 5.74) is -1.35. The minimum Gasteiger partial charge on any atom is -0.375 e. The minimum absolute atomic E-state index is 0.156. The molecule has 0 fully saturated rings. The molecule has 0 saturated carbocycles. The van der Waals surface area contributed by atoms with Gasteiger partial charge in [0.05, 0.1) is 17.0 Å². The van der Waals surface area contributed by atoms with Crippen LogP contribution in [0.5, 0.6) is 0 Å². The Bertz CT molecular complexity index is 957. The van der Waals surface area contributed by atoms with E-state index in [0.717, 1.165) is 0 Å². The van der Waals surface area contributed by atoms with Crippen molar-refractivity contribution < 1.29 is 19.6 Å². The van der Waals surface area contributed by atoms with Crippen LogP contribution in [0.4, 0.5) is 11.4 Å². The molecule has 2 aromatic carbocycles. The number of Topliss-reactive ketones (excluding diaryl/α,β-unsaturated/α-hetero) is 1. The Morgan fingerprint density at radius 2 is 1.96 bits per heavy atom. The summed E-state index contributed by atoms with van der Waals surface area (Å²) in [6.45, 7) is 3.77. The lowest BCUT2D eigenvalue weighted by Gasteiger charge is -2.22. The third kappa shape index (κ3) is 3.22. The van der Waals surface area contributed by atoms with E-state index < -0.39 is 28.6 Å². The molecule has 2 aromatic rings. The zero-order valence-electron chi connectivity index (χ0n) is 14.1. The first-order chi connectivity index (χ1) is 12.8. The number of nitro groups is 1. The number of aliphatic hydroxyl groups is 1. The number of hydrogen-bond acceptors (Lipinski definition) is 5. The van der Waals surface area contributed by atoms with E-state index in [-0.39, 0.29) is 23.4 Å². The van der Waals surface area contributed by atoms with E-state index >= 15 is 0 Å². The van der Waals surface area contributed by atoms with Gasteiger partial charge in [0.15, 0.2) is 11.4 Å². The van der Waals surface area contributed by atoms with Crippen molar-refractivity contribution in [1.82, 2.24) is 0 Å². The van der Waals surface area contributed by atoms with Crippen LogP contribution < -0.4 is 4.90 Å². The monoisotopic (exact) mass is 386 g/mol. The first-order valence-corrected chi connectivity index (χ1v) is 8.38. The lowest BCUT2D eigenvalue weighted by molar-refractivity contribution is -0.384. The summed E-state index contributed by atoms with van der Waals surface area (Å²) < 4.78 is 0. The van der Waals surface area contributed by atoms with E-state index in [4.69, 9.17) is 11.6 Å². The van der Waals surface area contributed by atoms with Crippen LogP contribution in [0.3, 0.4) is 0 Å². The number of nitrogens with zero attached hydrogens (tertiary/aromatic N) is 2. The van der Waals surface area contributed by atoms with Crippen LogP contribution >= 0.6 is 11.6 Å². The highest BCUT2D eigenvalue weighted by Crippen LogP contribution is 2.44. The summed E-state index contributed by atoms with van der Waals surface area (Å²) in [5, 5.41) is 22.1. The highest BCUT2D eigenvalue weighted by molar-refractivity contribution is 6.31. The fourth-order valence-electron chi connectivity index (χ4n) is 3.11. The van der Waals surface area contributed by atoms with Crippen molar-refractivity contribution in [1.29, 1.82) is 0 Å². The summed E-state index contributed by atoms with van der Waals surface area (Å²) in [5.74, 6) is -1.16. The highest BCUT2D eigenvalue weighted by Gasteiger charge is 2.50. The molecule has 0 saturated heterocycles. The van der Waals surface area contributed by atoms with Crippen LogP contribution in [-0.4, -0.2) is 28.3 Å². The average Bonchev–Trinajstić information content (AvgIpc) is 2.84. The smallest absolute Gasteiger partial charge is 0.269 e. The molecule has 1 aliphatic heterocycles. The van der Waals surface area contributed by atoms with Crippen molar-refractivity contribution in [2.45, 2.75) is 12.0 Å². The Labute approximate surface area is 159 Å². The van der Waals surface area contributed by atoms with E-state index in [1.54, 1.807) is 12.1 Å². The maximum absolute atomic E-state index is 12.8. The van der Waals surface area contributed by atoms with Crippen molar-refractivity contribution in [3.05, 3.63) is 81.4 Å². The second-order valence-electron chi connectivity index (χ2n) is 6.13. The molecule has 1 heterocycles. The molecule has 0 bridgehead atoms. The maximum Gasteiger partial charge on any atom is 0.269 e. The Morgan fingerprint density at radius 1 is 1.30 bits per heavy atom. The van der Waals surface area contributed by atoms with Crippen LogP contribution in [0.15, 0.2) is 55.1 Å². The van der Waals surface area contributed by atoms with Crippen molar-refractivity contribution in [3.8, 4) is 0 Å². The molecule has 0 spiro atoms. The van der Waals surface area contributed by atoms with E-state index in [0.29, 0.717) is 10.7 Å². The first kappa shape index (κ1) is 18.8. The molecule has 27 heavy (non-hydrogen) atoms. The summed E-state index contributed by atoms with van der Waals surface area (Å²) in [6, 6.07) is 9.64. The molecule has 0 unspecified atom stereocenters. The molecule has 1 N–H and O–H groups in total. The quantitative estimate of drug-likeness (QED) is 0.355. The van der Waals surface area contributed by atoms with Crippen molar-refractivity contribution >= 4 is 34.7 Å². The second-order valence-corrected chi connectivity index (χ2v) is 6.57. The van der Waals surface area contributed by atoms with Gasteiger partial charge in [-0.1, -0.05) is 17.7 Å². The van der Waals surface area contributed by atoms with Crippen LogP contribution in [0.2, 0.25) is 5.02 Å². The third-order valence-corrected chi connectivity index (χ3v) is 4.66. The number of carbonyl (C=O) groups is 2. The molecule has 1 atom stereocenters. The Balaban J connectivity index is 1.96. The van der Waals surface area contributed by atoms with Crippen LogP contribution in [0, 0.1) is 10.1 Å². The van der Waals surface area contributed by atoms with E-state index in [9.17, 15) is 24.8 Å². The fraction of sp³-hybridized carbons (Fsp3) is 0.158. The molecular weight excluding hydrogens is 372 g/mol. The van der Waals surface area contributed by atoms with E-state index in [1.807, 2.05) is 0 Å². The zero-order valence-corrected chi connectivity index (χ0v) is 14.8. The van der Waals surface area contributed by atoms with Gasteiger partial charge in [-0.15, -0.1) is 6.58 Å². The molecule has 7 nitrogen and oxygen atoms in total. The SMILES string of the molecule is C=CCN1C(=O)[C@@](O)(CC(=O)c2ccc([N+](=O)[O-])cc2)c2cc(Cl)ccc21. The Kier molecular flexibility index (Phi) is 4.82. The molecule has 0 aromatic heterocycles. The number of nitro benzene ring substituents is 1. The highest BCUT2D eigenvalue weighted by atomic mass is 35.5. The molecule has 0 radical (unpaired) electrons. The van der Waals surface area contributed by atoms with Gasteiger partial charge in [0, 0.05) is 34.8 Å². The Morgan fingerprint density at radius 3 is 2.56 bits per heavy atom. The summed E-state index contributed by atoms with van der Waals surface area (Å²) >= 11 is 6.01. The van der Waals surface area contributed by atoms with Gasteiger partial charge in [-0.3, -0.25) is 19.7 Å². The van der Waals surface area contributed by atoms with Crippen molar-refractivity contribution in [2.24, 2.45) is 0 Å². The molecule has 1 amide bonds. The normalized spacial score (nSPS) is 18.3. The first-order valence-electron chi connectivity index (χ1n) is 8.01. The predicted octanol–water partition coefficient (Wildman–Crippen LogP) is 3.24. The van der Waals surface area contributed by atoms with Gasteiger partial charge in [-0.2, -0.15) is 0 Å². The molecule has 3 rings (SSSR count). The number of benzene rings is 2. The number of hydrogen-bond donors (Lipinski definition) is 1. The van der Waals surface area contributed by atoms with Gasteiger partial charge < -0.3 is 10.0 Å². The minimum atomic E-state index is -2.07. The summed E-state index contributed by atoms with van der Waals surface area (Å²) in [7, 11) is 0. The number of non-ortho nitro benzene ring substituents is 1. The van der Waals surface area contributed by atoms with E-state index in [2.05, 4.69) is 6.58 Å². The van der Waals surface area contributed by atoms with Gasteiger partial charge in [0.2, 0.25) is 0 Å². The molecule has 8 heteroatoms. The largest absolute Gasteiger partial charge is 0.375 e. The molecule has 0 aliphatic carbocycles. The predicted molar refractivity (Wildman–Crippen MR) is 99.9 cm³/mol. The Hall–Kier alpha value is -3.03. The topological polar surface area (TPSA) is 101 Å². The average molecular weight is 387 g/mol. The number of amides is 1. The maximum atomic E-state index is 12.8. The van der Waals surface area contributed by atoms with Crippen molar-refractivity contribution in [3.63, 3.8) is 0 Å². The van der Waals surface area contributed by atoms with E-state index in [1.165, 1.54) is 41.3 Å². The summed E-state index contributed by atoms with van der Waals surface area (Å²) in [4.78, 5) is 37.0. The second kappa shape index (κ2) is 6.94. The number of carbonyl (C=O) groups excluding carboxylic acids is 2. The molecule has 138 valence electrons. The molecular formula is C19H15ClN2O5. The number of rotatable bonds is 6. The van der Waals surface area contributed by atoms with Crippen LogP contribution in [0.25, 0.3) is 0 Å². The number of anilines is 1. The van der Waals surface area contributed by atoms with Crippen molar-refractivity contribution in [2.75, 3.05) is 11.4 Å². The van der Waals surface area contributed by atoms with Crippen LogP contribution in [-0.2, 0) is 10.4 Å².